The van der Waals surface area contributed by atoms with Crippen molar-refractivity contribution in [3.63, 3.8) is 0 Å². The second kappa shape index (κ2) is 9.34. The average Bonchev–Trinajstić information content (AvgIpc) is 2.82. The first kappa shape index (κ1) is 25.0. The Hall–Kier alpha value is -2.65. The summed E-state index contributed by atoms with van der Waals surface area (Å²) in [7, 11) is 0. The van der Waals surface area contributed by atoms with Crippen molar-refractivity contribution in [2.75, 3.05) is 26.2 Å². The van der Waals surface area contributed by atoms with Gasteiger partial charge in [-0.25, -0.2) is 4.79 Å². The van der Waals surface area contributed by atoms with Gasteiger partial charge in [0.25, 0.3) is 0 Å². The van der Waals surface area contributed by atoms with Crippen LogP contribution in [0.25, 0.3) is 11.1 Å². The van der Waals surface area contributed by atoms with Crippen LogP contribution in [0.1, 0.15) is 38.3 Å². The normalized spacial score (nSPS) is 26.5. The number of carbonyl (C=O) groups excluding carboxylic acids is 1. The van der Waals surface area contributed by atoms with Crippen molar-refractivity contribution < 1.29 is 32.2 Å². The van der Waals surface area contributed by atoms with Crippen LogP contribution in [-0.2, 0) is 4.74 Å². The lowest BCUT2D eigenvalue weighted by Gasteiger charge is -2.44. The molecule has 1 unspecified atom stereocenters. The topological polar surface area (TPSA) is 60.0 Å². The first-order valence-corrected chi connectivity index (χ1v) is 12.4. The molecule has 1 N–H and O–H groups in total. The van der Waals surface area contributed by atoms with E-state index < -0.39 is 17.9 Å². The van der Waals surface area contributed by atoms with Crippen LogP contribution in [0.4, 0.5) is 18.0 Å². The summed E-state index contributed by atoms with van der Waals surface area (Å²) in [5.41, 5.74) is 1.29. The van der Waals surface area contributed by atoms with Gasteiger partial charge in [0.1, 0.15) is 17.6 Å². The molecule has 2 bridgehead atoms. The van der Waals surface area contributed by atoms with Crippen molar-refractivity contribution in [2.45, 2.75) is 45.2 Å². The molecule has 6 rings (SSSR count). The number of rotatable bonds is 4. The van der Waals surface area contributed by atoms with E-state index in [2.05, 4.69) is 15.0 Å². The summed E-state index contributed by atoms with van der Waals surface area (Å²) in [6, 6.07) is 8.66. The van der Waals surface area contributed by atoms with E-state index in [1.807, 2.05) is 13.8 Å². The Morgan fingerprint density at radius 1 is 1.17 bits per heavy atom. The van der Waals surface area contributed by atoms with E-state index in [0.717, 1.165) is 44.1 Å². The Morgan fingerprint density at radius 3 is 2.58 bits per heavy atom. The quantitative estimate of drug-likeness (QED) is 0.517. The molecule has 36 heavy (non-hydrogen) atoms. The van der Waals surface area contributed by atoms with Gasteiger partial charge in [-0.15, -0.1) is 13.2 Å². The van der Waals surface area contributed by atoms with E-state index in [-0.39, 0.29) is 22.9 Å². The molecule has 3 fully saturated rings. The minimum atomic E-state index is -4.81. The second-order valence-electron chi connectivity index (χ2n) is 10.4. The highest BCUT2D eigenvalue weighted by molar-refractivity contribution is 6.33. The number of amides is 1. The summed E-state index contributed by atoms with van der Waals surface area (Å²) >= 11 is 6.29. The summed E-state index contributed by atoms with van der Waals surface area (Å²) in [5.74, 6) is 0.565. The zero-order chi connectivity index (χ0) is 25.7. The zero-order valence-electron chi connectivity index (χ0n) is 20.0. The van der Waals surface area contributed by atoms with E-state index in [9.17, 15) is 18.0 Å². The number of nitrogens with one attached hydrogen (secondary N) is 1. The molecule has 3 saturated heterocycles. The van der Waals surface area contributed by atoms with Crippen LogP contribution in [0.15, 0.2) is 36.4 Å². The molecule has 1 amide bonds. The zero-order valence-corrected chi connectivity index (χ0v) is 20.8. The maximum Gasteiger partial charge on any atom is 0.573 e. The minimum absolute atomic E-state index is 0.106. The van der Waals surface area contributed by atoms with Gasteiger partial charge in [-0.1, -0.05) is 37.6 Å². The van der Waals surface area contributed by atoms with Crippen LogP contribution in [0.3, 0.4) is 0 Å². The van der Waals surface area contributed by atoms with Gasteiger partial charge in [0.2, 0.25) is 0 Å². The van der Waals surface area contributed by atoms with Crippen molar-refractivity contribution in [3.8, 4) is 22.6 Å². The first-order valence-electron chi connectivity index (χ1n) is 12.0. The lowest BCUT2D eigenvalue weighted by atomic mass is 9.78. The molecule has 4 aliphatic heterocycles. The van der Waals surface area contributed by atoms with Crippen molar-refractivity contribution in [2.24, 2.45) is 11.3 Å². The van der Waals surface area contributed by atoms with Gasteiger partial charge in [-0.3, -0.25) is 4.90 Å². The number of hydrogen-bond donors (Lipinski definition) is 1. The number of benzene rings is 2. The van der Waals surface area contributed by atoms with Gasteiger partial charge in [0.05, 0.1) is 12.6 Å². The lowest BCUT2D eigenvalue weighted by molar-refractivity contribution is -0.274. The predicted molar refractivity (Wildman–Crippen MR) is 128 cm³/mol. The Bertz CT molecular complexity index is 1150. The predicted octanol–water partition coefficient (Wildman–Crippen LogP) is 6.19. The maximum atomic E-state index is 12.9. The molecule has 2 aromatic rings. The molecule has 10 heteroatoms. The Kier molecular flexibility index (Phi) is 6.49. The number of alkyl halides is 3. The van der Waals surface area contributed by atoms with Crippen molar-refractivity contribution in [1.82, 2.24) is 10.2 Å². The monoisotopic (exact) mass is 524 g/mol. The minimum Gasteiger partial charge on any atom is -0.493 e. The molecule has 2 atom stereocenters. The third kappa shape index (κ3) is 5.22. The maximum absolute atomic E-state index is 12.9. The highest BCUT2D eigenvalue weighted by Crippen LogP contribution is 2.45. The summed E-state index contributed by atoms with van der Waals surface area (Å²) < 4.78 is 54.0. The number of hydrogen-bond acceptors (Lipinski definition) is 5. The number of piperidine rings is 3. The Balaban J connectivity index is 1.37. The summed E-state index contributed by atoms with van der Waals surface area (Å²) in [6.45, 7) is 7.22. The molecule has 2 aromatic carbocycles. The fourth-order valence-corrected chi connectivity index (χ4v) is 5.59. The van der Waals surface area contributed by atoms with E-state index in [4.69, 9.17) is 21.1 Å². The van der Waals surface area contributed by atoms with Crippen LogP contribution < -0.4 is 14.8 Å². The van der Waals surface area contributed by atoms with Gasteiger partial charge in [0.15, 0.2) is 0 Å². The van der Waals surface area contributed by atoms with E-state index in [1.54, 1.807) is 18.2 Å². The molecule has 0 aliphatic carbocycles. The Labute approximate surface area is 212 Å². The SMILES string of the molecule is CC1(C)COc2cc(-c3cc(OC(F)(F)F)ccc3Cl)ccc2C1NC(=O)O[C@@H]1CN2CCC1CC2. The van der Waals surface area contributed by atoms with Crippen LogP contribution in [-0.4, -0.2) is 49.7 Å². The van der Waals surface area contributed by atoms with Crippen LogP contribution >= 0.6 is 11.6 Å². The van der Waals surface area contributed by atoms with Crippen LogP contribution in [0.5, 0.6) is 11.5 Å². The fraction of sp³-hybridized carbons (Fsp3) is 0.500. The van der Waals surface area contributed by atoms with Gasteiger partial charge in [-0.05, 0) is 61.7 Å². The molecule has 0 saturated carbocycles. The number of carbonyl (C=O) groups is 1. The summed E-state index contributed by atoms with van der Waals surface area (Å²) in [4.78, 5) is 15.2. The van der Waals surface area contributed by atoms with Gasteiger partial charge >= 0.3 is 12.5 Å². The number of fused-ring (bicyclic) bond motifs is 4. The molecule has 6 nitrogen and oxygen atoms in total. The number of alkyl carbamates (subject to hydrolysis) is 1. The molecular formula is C26H28ClF3N2O4. The van der Waals surface area contributed by atoms with Crippen LogP contribution in [0.2, 0.25) is 5.02 Å². The number of halogens is 4. The smallest absolute Gasteiger partial charge is 0.493 e. The van der Waals surface area contributed by atoms with E-state index >= 15 is 0 Å². The first-order chi connectivity index (χ1) is 17.0. The van der Waals surface area contributed by atoms with Crippen LogP contribution in [0, 0.1) is 11.3 Å². The summed E-state index contributed by atoms with van der Waals surface area (Å²) in [6.07, 6.45) is -3.28. The largest absolute Gasteiger partial charge is 0.573 e. The average molecular weight is 525 g/mol. The molecule has 0 aromatic heterocycles. The second-order valence-corrected chi connectivity index (χ2v) is 10.8. The highest BCUT2D eigenvalue weighted by atomic mass is 35.5. The van der Waals surface area contributed by atoms with Crippen molar-refractivity contribution >= 4 is 17.7 Å². The molecule has 4 aliphatic rings. The molecule has 0 spiro atoms. The lowest BCUT2D eigenvalue weighted by Crippen LogP contribution is -2.53. The van der Waals surface area contributed by atoms with Crippen molar-refractivity contribution in [1.29, 1.82) is 0 Å². The molecule has 4 heterocycles. The Morgan fingerprint density at radius 2 is 1.92 bits per heavy atom. The molecule has 0 radical (unpaired) electrons. The van der Waals surface area contributed by atoms with Gasteiger partial charge in [0, 0.05) is 28.1 Å². The van der Waals surface area contributed by atoms with Gasteiger partial charge in [-0.2, -0.15) is 0 Å². The van der Waals surface area contributed by atoms with E-state index in [0.29, 0.717) is 29.4 Å². The van der Waals surface area contributed by atoms with Crippen molar-refractivity contribution in [3.05, 3.63) is 47.0 Å². The van der Waals surface area contributed by atoms with Gasteiger partial charge < -0.3 is 19.5 Å². The fourth-order valence-electron chi connectivity index (χ4n) is 5.36. The number of nitrogens with zero attached hydrogens (tertiary/aromatic N) is 1. The number of ether oxygens (including phenoxy) is 3. The summed E-state index contributed by atoms with van der Waals surface area (Å²) in [5, 5.41) is 3.32. The van der Waals surface area contributed by atoms with E-state index in [1.165, 1.54) is 12.1 Å². The molecule has 194 valence electrons. The molecular weight excluding hydrogens is 497 g/mol. The third-order valence-electron chi connectivity index (χ3n) is 7.30. The highest BCUT2D eigenvalue weighted by Gasteiger charge is 2.41. The third-order valence-corrected chi connectivity index (χ3v) is 7.63. The standard InChI is InChI=1S/C26H28ClF3N2O4/c1-25(2)14-34-21-11-16(19-12-17(4-6-20(19)27)36-26(28,29)30)3-5-18(21)23(25)31-24(33)35-22-13-32-9-7-15(22)8-10-32/h3-6,11-12,15,22-23H,7-10,13-14H2,1-2H3,(H,31,33)/t22-,23?/m1/s1.